The van der Waals surface area contributed by atoms with Crippen molar-refractivity contribution in [2.45, 2.75) is 52.3 Å². The highest BCUT2D eigenvalue weighted by molar-refractivity contribution is 5.80. The molecule has 1 saturated heterocycles. The largest absolute Gasteiger partial charge is 0.401 e. The second-order valence-corrected chi connectivity index (χ2v) is 7.21. The number of guanidine groups is 1. The molecule has 0 aromatic carbocycles. The minimum atomic E-state index is -4.15. The summed E-state index contributed by atoms with van der Waals surface area (Å²) in [6, 6.07) is -0.0264. The monoisotopic (exact) mass is 366 g/mol. The van der Waals surface area contributed by atoms with Gasteiger partial charge in [-0.1, -0.05) is 13.8 Å². The number of hydrogen-bond donors (Lipinski definition) is 3. The predicted molar refractivity (Wildman–Crippen MR) is 94.7 cm³/mol. The normalized spacial score (nSPS) is 21.0. The number of alkyl halides is 3. The number of aliphatic hydroxyl groups is 1. The average Bonchev–Trinajstić information content (AvgIpc) is 2.89. The van der Waals surface area contributed by atoms with Gasteiger partial charge in [0.25, 0.3) is 0 Å². The summed E-state index contributed by atoms with van der Waals surface area (Å²) in [4.78, 5) is 6.02. The van der Waals surface area contributed by atoms with Gasteiger partial charge in [0.2, 0.25) is 0 Å². The van der Waals surface area contributed by atoms with Crippen molar-refractivity contribution in [3.05, 3.63) is 0 Å². The van der Waals surface area contributed by atoms with Crippen LogP contribution in [-0.4, -0.2) is 67.5 Å². The number of likely N-dealkylation sites (tertiary alicyclic amines) is 1. The Balaban J connectivity index is 2.55. The second-order valence-electron chi connectivity index (χ2n) is 7.21. The van der Waals surface area contributed by atoms with E-state index in [4.69, 9.17) is 0 Å². The number of nitrogens with zero attached hydrogens (tertiary/aromatic N) is 2. The summed E-state index contributed by atoms with van der Waals surface area (Å²) in [5.74, 6) is 1.49. The van der Waals surface area contributed by atoms with Crippen molar-refractivity contribution in [3.8, 4) is 0 Å². The summed E-state index contributed by atoms with van der Waals surface area (Å²) in [5.41, 5.74) is 0. The molecule has 0 amide bonds. The van der Waals surface area contributed by atoms with E-state index < -0.39 is 12.7 Å². The van der Waals surface area contributed by atoms with Gasteiger partial charge in [-0.05, 0) is 38.0 Å². The van der Waals surface area contributed by atoms with Crippen LogP contribution in [0.15, 0.2) is 4.99 Å². The zero-order valence-electron chi connectivity index (χ0n) is 15.6. The van der Waals surface area contributed by atoms with Crippen LogP contribution < -0.4 is 10.6 Å². The van der Waals surface area contributed by atoms with Gasteiger partial charge in [-0.25, -0.2) is 0 Å². The lowest BCUT2D eigenvalue weighted by atomic mass is 9.94. The molecule has 1 rings (SSSR count). The number of nitrogens with one attached hydrogen (secondary N) is 2. The van der Waals surface area contributed by atoms with E-state index in [2.05, 4.69) is 29.5 Å². The Hall–Kier alpha value is -1.02. The maximum atomic E-state index is 12.5. The van der Waals surface area contributed by atoms with Crippen molar-refractivity contribution < 1.29 is 18.3 Å². The molecule has 0 aliphatic carbocycles. The fourth-order valence-corrected chi connectivity index (χ4v) is 3.21. The van der Waals surface area contributed by atoms with E-state index in [9.17, 15) is 18.3 Å². The molecule has 1 heterocycles. The molecule has 148 valence electrons. The summed E-state index contributed by atoms with van der Waals surface area (Å²) >= 11 is 0. The molecule has 0 saturated carbocycles. The fourth-order valence-electron chi connectivity index (χ4n) is 3.21. The maximum Gasteiger partial charge on any atom is 0.401 e. The van der Waals surface area contributed by atoms with E-state index in [-0.39, 0.29) is 12.6 Å². The first-order chi connectivity index (χ1) is 11.7. The van der Waals surface area contributed by atoms with Crippen LogP contribution in [0.3, 0.4) is 0 Å². The standard InChI is InChI=1S/C17H33F3N4O/c1-4-21-16(22-10-14(6-8-25)9-13(2)3)23-15-5-7-24(11-15)12-17(18,19)20/h13-15,25H,4-12H2,1-3H3,(H2,21,22,23). The third-order valence-electron chi connectivity index (χ3n) is 4.21. The Bertz CT molecular complexity index is 402. The summed E-state index contributed by atoms with van der Waals surface area (Å²) in [7, 11) is 0. The van der Waals surface area contributed by atoms with E-state index in [0.29, 0.717) is 56.8 Å². The predicted octanol–water partition coefficient (Wildman–Crippen LogP) is 2.22. The number of halogens is 3. The summed E-state index contributed by atoms with van der Waals surface area (Å²) in [5, 5.41) is 15.6. The number of hydrogen-bond acceptors (Lipinski definition) is 3. The Labute approximate surface area is 149 Å². The molecule has 5 nitrogen and oxygen atoms in total. The van der Waals surface area contributed by atoms with Gasteiger partial charge in [-0.3, -0.25) is 9.89 Å². The molecule has 0 radical (unpaired) electrons. The molecule has 3 N–H and O–H groups in total. The summed E-state index contributed by atoms with van der Waals surface area (Å²) in [6.45, 7) is 7.65. The number of rotatable bonds is 9. The van der Waals surface area contributed by atoms with Gasteiger partial charge in [0, 0.05) is 38.8 Å². The van der Waals surface area contributed by atoms with Crippen molar-refractivity contribution in [3.63, 3.8) is 0 Å². The van der Waals surface area contributed by atoms with E-state index in [1.54, 1.807) is 0 Å². The van der Waals surface area contributed by atoms with Crippen LogP contribution in [0.2, 0.25) is 0 Å². The van der Waals surface area contributed by atoms with Crippen LogP contribution >= 0.6 is 0 Å². The van der Waals surface area contributed by atoms with Gasteiger partial charge in [0.15, 0.2) is 5.96 Å². The molecular weight excluding hydrogens is 333 g/mol. The maximum absolute atomic E-state index is 12.5. The van der Waals surface area contributed by atoms with E-state index in [1.165, 1.54) is 4.90 Å². The topological polar surface area (TPSA) is 59.9 Å². The Morgan fingerprint density at radius 3 is 2.64 bits per heavy atom. The van der Waals surface area contributed by atoms with Crippen molar-refractivity contribution in [1.29, 1.82) is 0 Å². The zero-order valence-corrected chi connectivity index (χ0v) is 15.6. The number of aliphatic imine (C=N–C) groups is 1. The van der Waals surface area contributed by atoms with Crippen LogP contribution in [0.1, 0.15) is 40.0 Å². The van der Waals surface area contributed by atoms with Crippen molar-refractivity contribution in [2.75, 3.05) is 39.3 Å². The van der Waals surface area contributed by atoms with Gasteiger partial charge in [-0.15, -0.1) is 0 Å². The van der Waals surface area contributed by atoms with E-state index in [0.717, 1.165) is 6.42 Å². The van der Waals surface area contributed by atoms with Crippen molar-refractivity contribution >= 4 is 5.96 Å². The van der Waals surface area contributed by atoms with Gasteiger partial charge >= 0.3 is 6.18 Å². The highest BCUT2D eigenvalue weighted by atomic mass is 19.4. The fraction of sp³-hybridized carbons (Fsp3) is 0.941. The quantitative estimate of drug-likeness (QED) is 0.433. The molecule has 0 aromatic rings. The molecular formula is C17H33F3N4O. The average molecular weight is 366 g/mol. The molecule has 1 aliphatic rings. The SMILES string of the molecule is CCNC(=NCC(CCO)CC(C)C)NC1CCN(CC(F)(F)F)C1. The summed E-state index contributed by atoms with van der Waals surface area (Å²) in [6.07, 6.45) is -1.77. The van der Waals surface area contributed by atoms with Crippen molar-refractivity contribution in [2.24, 2.45) is 16.8 Å². The lowest BCUT2D eigenvalue weighted by molar-refractivity contribution is -0.143. The number of aliphatic hydroxyl groups excluding tert-OH is 1. The Morgan fingerprint density at radius 1 is 1.36 bits per heavy atom. The molecule has 8 heteroatoms. The molecule has 2 unspecified atom stereocenters. The lowest BCUT2D eigenvalue weighted by Crippen LogP contribution is -2.45. The highest BCUT2D eigenvalue weighted by Crippen LogP contribution is 2.20. The Kier molecular flexibility index (Phi) is 9.56. The van der Waals surface area contributed by atoms with Crippen LogP contribution in [0.5, 0.6) is 0 Å². The first kappa shape index (κ1) is 22.0. The Morgan fingerprint density at radius 2 is 2.08 bits per heavy atom. The van der Waals surface area contributed by atoms with E-state index in [1.807, 2.05) is 6.92 Å². The lowest BCUT2D eigenvalue weighted by Gasteiger charge is -2.21. The summed E-state index contributed by atoms with van der Waals surface area (Å²) < 4.78 is 37.5. The molecule has 1 aliphatic heterocycles. The van der Waals surface area contributed by atoms with Crippen LogP contribution in [0.4, 0.5) is 13.2 Å². The second kappa shape index (κ2) is 10.9. The molecule has 1 fully saturated rings. The highest BCUT2D eigenvalue weighted by Gasteiger charge is 2.34. The first-order valence-corrected chi connectivity index (χ1v) is 9.18. The molecule has 2 atom stereocenters. The van der Waals surface area contributed by atoms with Gasteiger partial charge in [-0.2, -0.15) is 13.2 Å². The van der Waals surface area contributed by atoms with Crippen LogP contribution in [0.25, 0.3) is 0 Å². The van der Waals surface area contributed by atoms with E-state index >= 15 is 0 Å². The first-order valence-electron chi connectivity index (χ1n) is 9.18. The third-order valence-corrected chi connectivity index (χ3v) is 4.21. The minimum Gasteiger partial charge on any atom is -0.396 e. The smallest absolute Gasteiger partial charge is 0.396 e. The molecule has 0 bridgehead atoms. The van der Waals surface area contributed by atoms with Crippen LogP contribution in [0, 0.1) is 11.8 Å². The van der Waals surface area contributed by atoms with Gasteiger partial charge in [0.05, 0.1) is 6.54 Å². The zero-order chi connectivity index (χ0) is 18.9. The third kappa shape index (κ3) is 9.89. The molecule has 0 aromatic heterocycles. The van der Waals surface area contributed by atoms with Crippen molar-refractivity contribution in [1.82, 2.24) is 15.5 Å². The minimum absolute atomic E-state index is 0.0264. The molecule has 0 spiro atoms. The van der Waals surface area contributed by atoms with Gasteiger partial charge in [0.1, 0.15) is 0 Å². The molecule has 25 heavy (non-hydrogen) atoms. The van der Waals surface area contributed by atoms with Gasteiger partial charge < -0.3 is 15.7 Å². The van der Waals surface area contributed by atoms with Crippen LogP contribution in [-0.2, 0) is 0 Å².